The first kappa shape index (κ1) is 21.6. The molecule has 0 amide bonds. The molecule has 1 aromatic heterocycles. The van der Waals surface area contributed by atoms with E-state index >= 15 is 0 Å². The molecule has 0 fully saturated rings. The molecule has 3 N–H and O–H groups in total. The summed E-state index contributed by atoms with van der Waals surface area (Å²) < 4.78 is 15.0. The number of aliphatic hydroxyl groups is 2. The molecule has 0 bridgehead atoms. The van der Waals surface area contributed by atoms with Gasteiger partial charge in [-0.1, -0.05) is 0 Å². The van der Waals surface area contributed by atoms with Gasteiger partial charge in [-0.3, -0.25) is 4.91 Å². The average Bonchev–Trinajstić information content (AvgIpc) is 3.06. The summed E-state index contributed by atoms with van der Waals surface area (Å²) in [5.41, 5.74) is 13.5. The van der Waals surface area contributed by atoms with E-state index in [1.807, 2.05) is 0 Å². The van der Waals surface area contributed by atoms with E-state index < -0.39 is 0 Å². The minimum atomic E-state index is 0.0413. The Morgan fingerprint density at radius 2 is 1.33 bits per heavy atom. The topological polar surface area (TPSA) is 156 Å². The van der Waals surface area contributed by atoms with Crippen molar-refractivity contribution < 1.29 is 24.4 Å². The Morgan fingerprint density at radius 1 is 0.905 bits per heavy atom. The van der Waals surface area contributed by atoms with Crippen LogP contribution in [0.3, 0.4) is 0 Å². The van der Waals surface area contributed by atoms with Crippen molar-refractivity contribution in [1.29, 1.82) is 0 Å². The SMILES string of the molecule is OCCOCCOCCOCCO.[N-]=[N+]=[N-].c1c[nH]cn1. The maximum absolute atomic E-state index is 8.36. The Bertz CT molecular complexity index is 266. The van der Waals surface area contributed by atoms with Crippen LogP contribution in [0.2, 0.25) is 0 Å². The molecule has 0 spiro atoms. The van der Waals surface area contributed by atoms with E-state index in [0.717, 1.165) is 0 Å². The maximum atomic E-state index is 8.36. The molecule has 0 aliphatic rings. The summed E-state index contributed by atoms with van der Waals surface area (Å²) in [5, 5.41) is 16.7. The van der Waals surface area contributed by atoms with Crippen molar-refractivity contribution in [3.8, 4) is 0 Å². The number of nitrogens with zero attached hydrogens (tertiary/aromatic N) is 4. The van der Waals surface area contributed by atoms with Gasteiger partial charge in [-0.25, -0.2) is 4.98 Å². The van der Waals surface area contributed by atoms with Gasteiger partial charge in [0.25, 0.3) is 0 Å². The fraction of sp³-hybridized carbons (Fsp3) is 0.727. The first-order chi connectivity index (χ1) is 10.3. The van der Waals surface area contributed by atoms with Crippen LogP contribution < -0.4 is 0 Å². The Morgan fingerprint density at radius 3 is 1.57 bits per heavy atom. The van der Waals surface area contributed by atoms with Crippen LogP contribution in [0.4, 0.5) is 0 Å². The van der Waals surface area contributed by atoms with Gasteiger partial charge in [0.15, 0.2) is 0 Å². The number of aliphatic hydroxyl groups excluding tert-OH is 2. The molecule has 0 atom stereocenters. The highest BCUT2D eigenvalue weighted by Crippen LogP contribution is 1.80. The number of aromatic amines is 1. The first-order valence-corrected chi connectivity index (χ1v) is 6.19. The largest absolute Gasteiger partial charge is 0.394 e. The van der Waals surface area contributed by atoms with Crippen LogP contribution in [0.15, 0.2) is 18.7 Å². The number of hydrogen-bond donors (Lipinski definition) is 3. The molecule has 10 nitrogen and oxygen atoms in total. The van der Waals surface area contributed by atoms with Gasteiger partial charge in [-0.15, -0.1) is 0 Å². The molecule has 0 aliphatic carbocycles. The summed E-state index contributed by atoms with van der Waals surface area (Å²) in [5.74, 6) is 0. The van der Waals surface area contributed by atoms with Gasteiger partial charge in [0, 0.05) is 12.4 Å². The zero-order valence-electron chi connectivity index (χ0n) is 11.8. The van der Waals surface area contributed by atoms with Crippen LogP contribution in [0.5, 0.6) is 0 Å². The lowest BCUT2D eigenvalue weighted by Crippen LogP contribution is -2.11. The number of aromatic nitrogens is 2. The van der Waals surface area contributed by atoms with Crippen molar-refractivity contribution in [2.45, 2.75) is 0 Å². The molecule has 1 aromatic rings. The van der Waals surface area contributed by atoms with Crippen LogP contribution in [0, 0.1) is 0 Å². The second-order valence-electron chi connectivity index (χ2n) is 3.13. The van der Waals surface area contributed by atoms with Crippen LogP contribution in [-0.4, -0.2) is 73.0 Å². The molecule has 1 heterocycles. The normalized spacial score (nSPS) is 8.86. The quantitative estimate of drug-likeness (QED) is 0.244. The van der Waals surface area contributed by atoms with E-state index in [2.05, 4.69) is 9.97 Å². The minimum absolute atomic E-state index is 0.0413. The van der Waals surface area contributed by atoms with E-state index in [1.165, 1.54) is 4.91 Å². The molecule has 10 heteroatoms. The van der Waals surface area contributed by atoms with Crippen molar-refractivity contribution in [1.82, 2.24) is 9.97 Å². The highest BCUT2D eigenvalue weighted by molar-refractivity contribution is 4.64. The minimum Gasteiger partial charge on any atom is -0.394 e. The first-order valence-electron chi connectivity index (χ1n) is 6.19. The predicted molar refractivity (Wildman–Crippen MR) is 75.3 cm³/mol. The molecule has 0 saturated carbocycles. The summed E-state index contributed by atoms with van der Waals surface area (Å²) in [6, 6.07) is 0. The third-order valence-corrected chi connectivity index (χ3v) is 1.62. The molecule has 1 rings (SSSR count). The number of nitrogens with one attached hydrogen (secondary N) is 1. The smallest absolute Gasteiger partial charge is 0.0919 e. The standard InChI is InChI=1S/C8H18O5.C3H4N2.N3/c9-1-3-11-5-7-13-8-6-12-4-2-10;1-2-5-3-4-1;1-3-2/h9-10H,1-8H2;1-3H,(H,4,5);/q;;-1. The Kier molecular flexibility index (Phi) is 24.1. The molecule has 0 unspecified atom stereocenters. The van der Waals surface area contributed by atoms with Gasteiger partial charge in [-0.2, -0.15) is 0 Å². The van der Waals surface area contributed by atoms with E-state index in [1.54, 1.807) is 18.7 Å². The highest BCUT2D eigenvalue weighted by Gasteiger charge is 1.89. The molecule has 21 heavy (non-hydrogen) atoms. The third kappa shape index (κ3) is 27.5. The van der Waals surface area contributed by atoms with E-state index in [4.69, 9.17) is 35.5 Å². The van der Waals surface area contributed by atoms with E-state index in [-0.39, 0.29) is 13.2 Å². The Labute approximate surface area is 123 Å². The Hall–Kier alpha value is -1.68. The van der Waals surface area contributed by atoms with E-state index in [0.29, 0.717) is 39.6 Å². The van der Waals surface area contributed by atoms with Crippen molar-refractivity contribution in [2.24, 2.45) is 0 Å². The molecule has 122 valence electrons. The van der Waals surface area contributed by atoms with Crippen LogP contribution in [-0.2, 0) is 14.2 Å². The number of H-pyrrole nitrogens is 1. The number of ether oxygens (including phenoxy) is 3. The molecule has 0 saturated heterocycles. The molecular weight excluding hydrogens is 282 g/mol. The van der Waals surface area contributed by atoms with Crippen molar-refractivity contribution in [3.63, 3.8) is 0 Å². The lowest BCUT2D eigenvalue weighted by atomic mass is 10.7. The molecule has 0 radical (unpaired) electrons. The van der Waals surface area contributed by atoms with Gasteiger partial charge in [-0.05, 0) is 0 Å². The van der Waals surface area contributed by atoms with Crippen molar-refractivity contribution >= 4 is 0 Å². The highest BCUT2D eigenvalue weighted by atomic mass is 16.5. The summed E-state index contributed by atoms with van der Waals surface area (Å²) in [4.78, 5) is 7.92. The second-order valence-corrected chi connectivity index (χ2v) is 3.13. The zero-order chi connectivity index (χ0) is 16.0. The Balaban J connectivity index is 0. The summed E-state index contributed by atoms with van der Waals surface area (Å²) in [6.45, 7) is 2.76. The maximum Gasteiger partial charge on any atom is 0.0919 e. The molecule has 0 aromatic carbocycles. The second kappa shape index (κ2) is 23.4. The lowest BCUT2D eigenvalue weighted by Gasteiger charge is -2.04. The number of hydrogen-bond acceptors (Lipinski definition) is 6. The van der Waals surface area contributed by atoms with Gasteiger partial charge >= 0.3 is 0 Å². The van der Waals surface area contributed by atoms with Crippen molar-refractivity contribution in [3.05, 3.63) is 34.7 Å². The molecular formula is C11H22N5O5-. The summed E-state index contributed by atoms with van der Waals surface area (Å²) in [7, 11) is 0. The van der Waals surface area contributed by atoms with Crippen LogP contribution in [0.1, 0.15) is 0 Å². The monoisotopic (exact) mass is 304 g/mol. The average molecular weight is 304 g/mol. The van der Waals surface area contributed by atoms with Gasteiger partial charge in [0.1, 0.15) is 0 Å². The predicted octanol–water partition coefficient (Wildman–Crippen LogP) is 0.297. The van der Waals surface area contributed by atoms with Crippen LogP contribution >= 0.6 is 0 Å². The molecule has 0 aliphatic heterocycles. The lowest BCUT2D eigenvalue weighted by molar-refractivity contribution is 0.00230. The van der Waals surface area contributed by atoms with Gasteiger partial charge < -0.3 is 40.5 Å². The van der Waals surface area contributed by atoms with Crippen molar-refractivity contribution in [2.75, 3.05) is 52.9 Å². The summed E-state index contributed by atoms with van der Waals surface area (Å²) >= 11 is 0. The zero-order valence-corrected chi connectivity index (χ0v) is 11.8. The fourth-order valence-corrected chi connectivity index (χ4v) is 0.886. The van der Waals surface area contributed by atoms with Gasteiger partial charge in [0.05, 0.1) is 59.2 Å². The third-order valence-electron chi connectivity index (χ3n) is 1.62. The number of imidazole rings is 1. The van der Waals surface area contributed by atoms with Crippen LogP contribution in [0.25, 0.3) is 16.0 Å². The number of rotatable bonds is 10. The fourth-order valence-electron chi connectivity index (χ4n) is 0.886. The summed E-state index contributed by atoms with van der Waals surface area (Å²) in [6.07, 6.45) is 5.08. The van der Waals surface area contributed by atoms with E-state index in [9.17, 15) is 0 Å². The van der Waals surface area contributed by atoms with Gasteiger partial charge in [0.2, 0.25) is 0 Å².